The first-order valence-electron chi connectivity index (χ1n) is 6.08. The second-order valence-electron chi connectivity index (χ2n) is 4.22. The molecular formula is C12H19ClN2O3S. The van der Waals surface area contributed by atoms with E-state index in [1.54, 1.807) is 24.3 Å². The predicted molar refractivity (Wildman–Crippen MR) is 76.5 cm³/mol. The third-order valence-corrected chi connectivity index (χ3v) is 4.36. The van der Waals surface area contributed by atoms with E-state index < -0.39 is 10.0 Å². The smallest absolute Gasteiger partial charge is 0.240 e. The summed E-state index contributed by atoms with van der Waals surface area (Å²) in [7, 11) is -3.42. The average Bonchev–Trinajstić information content (AvgIpc) is 2.82. The molecule has 1 aliphatic heterocycles. The molecule has 0 amide bonds. The number of sulfonamides is 1. The lowest BCUT2D eigenvalue weighted by Crippen LogP contribution is -2.36. The number of hydrogen-bond acceptors (Lipinski definition) is 4. The normalized spacial score (nSPS) is 18.9. The number of halogens is 1. The first-order chi connectivity index (χ1) is 8.62. The van der Waals surface area contributed by atoms with Crippen molar-refractivity contribution in [3.05, 3.63) is 24.3 Å². The van der Waals surface area contributed by atoms with Crippen LogP contribution in [0, 0.1) is 0 Å². The molecule has 1 aliphatic rings. The van der Waals surface area contributed by atoms with E-state index >= 15 is 0 Å². The molecule has 5 nitrogen and oxygen atoms in total. The van der Waals surface area contributed by atoms with Crippen molar-refractivity contribution < 1.29 is 13.2 Å². The summed E-state index contributed by atoms with van der Waals surface area (Å²) >= 11 is 0. The van der Waals surface area contributed by atoms with Crippen molar-refractivity contribution in [1.82, 2.24) is 10.0 Å². The molecule has 1 aromatic rings. The number of ether oxygens (including phenoxy) is 1. The first kappa shape index (κ1) is 16.2. The maximum absolute atomic E-state index is 12.1. The Morgan fingerprint density at radius 3 is 2.58 bits per heavy atom. The molecule has 0 spiro atoms. The third kappa shape index (κ3) is 4.35. The lowest BCUT2D eigenvalue weighted by atomic mass is 10.3. The van der Waals surface area contributed by atoms with E-state index in [1.165, 1.54) is 0 Å². The Bertz CT molecular complexity index is 484. The Hall–Kier alpha value is -0.820. The minimum absolute atomic E-state index is 0. The summed E-state index contributed by atoms with van der Waals surface area (Å²) in [4.78, 5) is 0.276. The average molecular weight is 307 g/mol. The molecule has 2 rings (SSSR count). The van der Waals surface area contributed by atoms with Gasteiger partial charge in [-0.1, -0.05) is 0 Å². The second kappa shape index (κ2) is 7.09. The van der Waals surface area contributed by atoms with Crippen LogP contribution in [-0.2, 0) is 10.0 Å². The number of benzene rings is 1. The highest BCUT2D eigenvalue weighted by molar-refractivity contribution is 7.89. The van der Waals surface area contributed by atoms with Crippen LogP contribution < -0.4 is 14.8 Å². The zero-order valence-corrected chi connectivity index (χ0v) is 12.4. The van der Waals surface area contributed by atoms with E-state index in [1.807, 2.05) is 6.92 Å². The van der Waals surface area contributed by atoms with Gasteiger partial charge in [-0.3, -0.25) is 0 Å². The quantitative estimate of drug-likeness (QED) is 0.856. The van der Waals surface area contributed by atoms with Crippen molar-refractivity contribution in [3.63, 3.8) is 0 Å². The van der Waals surface area contributed by atoms with Crippen LogP contribution >= 0.6 is 12.4 Å². The summed E-state index contributed by atoms with van der Waals surface area (Å²) in [5, 5.41) is 3.13. The molecule has 0 bridgehead atoms. The van der Waals surface area contributed by atoms with Crippen LogP contribution in [0.2, 0.25) is 0 Å². The molecule has 1 heterocycles. The summed E-state index contributed by atoms with van der Waals surface area (Å²) in [5.41, 5.74) is 0. The summed E-state index contributed by atoms with van der Waals surface area (Å²) in [6.45, 7) is 4.00. The van der Waals surface area contributed by atoms with Gasteiger partial charge in [0, 0.05) is 12.6 Å². The monoisotopic (exact) mass is 306 g/mol. The van der Waals surface area contributed by atoms with Crippen LogP contribution in [0.15, 0.2) is 29.2 Å². The predicted octanol–water partition coefficient (Wildman–Crippen LogP) is 1.15. The van der Waals surface area contributed by atoms with Crippen LogP contribution in [0.3, 0.4) is 0 Å². The lowest BCUT2D eigenvalue weighted by molar-refractivity contribution is 0.340. The molecule has 19 heavy (non-hydrogen) atoms. The Labute approximate surface area is 120 Å². The van der Waals surface area contributed by atoms with Gasteiger partial charge in [0.05, 0.1) is 11.5 Å². The lowest BCUT2D eigenvalue weighted by Gasteiger charge is -2.12. The van der Waals surface area contributed by atoms with Gasteiger partial charge in [0.1, 0.15) is 5.75 Å². The molecule has 0 aliphatic carbocycles. The Balaban J connectivity index is 0.00000180. The standard InChI is InChI=1S/C12H18N2O3S.ClH/c1-2-17-11-3-5-12(6-4-11)18(15,16)14-10-7-8-13-9-10;/h3-6,10,13-14H,2,7-9H2,1H3;1H. The first-order valence-corrected chi connectivity index (χ1v) is 7.56. The molecule has 0 saturated carbocycles. The summed E-state index contributed by atoms with van der Waals surface area (Å²) in [6.07, 6.45) is 0.830. The van der Waals surface area contributed by atoms with Crippen molar-refractivity contribution in [3.8, 4) is 5.75 Å². The number of hydrogen-bond donors (Lipinski definition) is 2. The zero-order chi connectivity index (χ0) is 13.0. The van der Waals surface area contributed by atoms with Crippen LogP contribution in [0.5, 0.6) is 5.75 Å². The number of nitrogens with one attached hydrogen (secondary N) is 2. The van der Waals surface area contributed by atoms with Crippen LogP contribution in [-0.4, -0.2) is 34.2 Å². The Kier molecular flexibility index (Phi) is 6.06. The van der Waals surface area contributed by atoms with Crippen molar-refractivity contribution in [2.75, 3.05) is 19.7 Å². The topological polar surface area (TPSA) is 67.4 Å². The largest absolute Gasteiger partial charge is 0.494 e. The molecule has 0 radical (unpaired) electrons. The van der Waals surface area contributed by atoms with Gasteiger partial charge >= 0.3 is 0 Å². The van der Waals surface area contributed by atoms with Crippen molar-refractivity contribution >= 4 is 22.4 Å². The fraction of sp³-hybridized carbons (Fsp3) is 0.500. The molecule has 1 fully saturated rings. The van der Waals surface area contributed by atoms with Crippen molar-refractivity contribution in [1.29, 1.82) is 0 Å². The van der Waals surface area contributed by atoms with Gasteiger partial charge in [-0.2, -0.15) is 0 Å². The van der Waals surface area contributed by atoms with E-state index in [4.69, 9.17) is 4.74 Å². The highest BCUT2D eigenvalue weighted by Crippen LogP contribution is 2.16. The van der Waals surface area contributed by atoms with E-state index in [-0.39, 0.29) is 23.3 Å². The minimum atomic E-state index is -3.42. The highest BCUT2D eigenvalue weighted by Gasteiger charge is 2.22. The van der Waals surface area contributed by atoms with Crippen molar-refractivity contribution in [2.45, 2.75) is 24.3 Å². The molecule has 2 N–H and O–H groups in total. The zero-order valence-electron chi connectivity index (χ0n) is 10.8. The van der Waals surface area contributed by atoms with Crippen LogP contribution in [0.25, 0.3) is 0 Å². The van der Waals surface area contributed by atoms with Crippen LogP contribution in [0.1, 0.15) is 13.3 Å². The fourth-order valence-corrected chi connectivity index (χ4v) is 3.19. The van der Waals surface area contributed by atoms with Gasteiger partial charge in [0.25, 0.3) is 0 Å². The third-order valence-electron chi connectivity index (χ3n) is 2.83. The number of rotatable bonds is 5. The maximum Gasteiger partial charge on any atom is 0.240 e. The molecule has 108 valence electrons. The van der Waals surface area contributed by atoms with Gasteiger partial charge in [-0.25, -0.2) is 13.1 Å². The Morgan fingerprint density at radius 2 is 2.05 bits per heavy atom. The highest BCUT2D eigenvalue weighted by atomic mass is 35.5. The molecule has 1 unspecified atom stereocenters. The van der Waals surface area contributed by atoms with Gasteiger partial charge < -0.3 is 10.1 Å². The van der Waals surface area contributed by atoms with E-state index in [9.17, 15) is 8.42 Å². The van der Waals surface area contributed by atoms with E-state index in [0.29, 0.717) is 18.9 Å². The second-order valence-corrected chi connectivity index (χ2v) is 5.93. The van der Waals surface area contributed by atoms with Crippen molar-refractivity contribution in [2.24, 2.45) is 0 Å². The van der Waals surface area contributed by atoms with Gasteiger partial charge in [-0.05, 0) is 44.2 Å². The maximum atomic E-state index is 12.1. The van der Waals surface area contributed by atoms with Gasteiger partial charge in [-0.15, -0.1) is 12.4 Å². The fourth-order valence-electron chi connectivity index (χ4n) is 1.92. The van der Waals surface area contributed by atoms with E-state index in [2.05, 4.69) is 10.0 Å². The van der Waals surface area contributed by atoms with Gasteiger partial charge in [0.2, 0.25) is 10.0 Å². The molecule has 1 saturated heterocycles. The summed E-state index contributed by atoms with van der Waals surface area (Å²) < 4.78 is 32.1. The van der Waals surface area contributed by atoms with Crippen LogP contribution in [0.4, 0.5) is 0 Å². The molecule has 1 atom stereocenters. The molecule has 1 aromatic carbocycles. The Morgan fingerprint density at radius 1 is 1.37 bits per heavy atom. The molecule has 7 heteroatoms. The SMILES string of the molecule is CCOc1ccc(S(=O)(=O)NC2CCNC2)cc1.Cl. The van der Waals surface area contributed by atoms with E-state index in [0.717, 1.165) is 13.0 Å². The molecular weight excluding hydrogens is 288 g/mol. The summed E-state index contributed by atoms with van der Waals surface area (Å²) in [5.74, 6) is 0.680. The minimum Gasteiger partial charge on any atom is -0.494 e. The summed E-state index contributed by atoms with van der Waals surface area (Å²) in [6, 6.07) is 6.46. The van der Waals surface area contributed by atoms with Gasteiger partial charge in [0.15, 0.2) is 0 Å². The molecule has 0 aromatic heterocycles.